The normalized spacial score (nSPS) is 15.7. The molecule has 0 heterocycles. The molecule has 0 saturated carbocycles. The third kappa shape index (κ3) is 4.29. The molecule has 0 amide bonds. The zero-order valence-electron chi connectivity index (χ0n) is 5.66. The number of nitrogens with zero attached hydrogens (tertiary/aromatic N) is 1. The topological polar surface area (TPSA) is 58.6 Å². The van der Waals surface area contributed by atoms with Gasteiger partial charge >= 0.3 is 0 Å². The molecule has 0 bridgehead atoms. The quantitative estimate of drug-likeness (QED) is 0.429. The standard InChI is InChI=1S/C5H12N2OS/c1-4(3-8)7-5(6)9-2/h4,8H,3H2,1-2H3,(H2,6,7). The van der Waals surface area contributed by atoms with Crippen LogP contribution in [0.1, 0.15) is 6.92 Å². The van der Waals surface area contributed by atoms with Crippen LogP contribution in [0.5, 0.6) is 0 Å². The largest absolute Gasteiger partial charge is 0.394 e. The van der Waals surface area contributed by atoms with Crippen LogP contribution in [-0.4, -0.2) is 29.2 Å². The molecule has 0 radical (unpaired) electrons. The molecule has 0 aliphatic rings. The Bertz CT molecular complexity index is 105. The van der Waals surface area contributed by atoms with Gasteiger partial charge in [-0.15, -0.1) is 0 Å². The van der Waals surface area contributed by atoms with Crippen molar-refractivity contribution in [2.45, 2.75) is 13.0 Å². The minimum absolute atomic E-state index is 0.0568. The summed E-state index contributed by atoms with van der Waals surface area (Å²) >= 11 is 1.39. The summed E-state index contributed by atoms with van der Waals surface area (Å²) in [6, 6.07) is -0.0718. The number of thioether (sulfide) groups is 1. The van der Waals surface area contributed by atoms with E-state index in [9.17, 15) is 0 Å². The predicted octanol–water partition coefficient (Wildman–Crippen LogP) is 0.0449. The first-order valence-corrected chi connectivity index (χ1v) is 3.91. The van der Waals surface area contributed by atoms with E-state index < -0.39 is 0 Å². The Balaban J connectivity index is 3.64. The van der Waals surface area contributed by atoms with Crippen LogP contribution in [0.25, 0.3) is 0 Å². The Labute approximate surface area is 59.4 Å². The first kappa shape index (κ1) is 8.78. The minimum atomic E-state index is -0.0718. The third-order valence-corrected chi connectivity index (χ3v) is 1.34. The summed E-state index contributed by atoms with van der Waals surface area (Å²) in [5.41, 5.74) is 5.35. The zero-order valence-corrected chi connectivity index (χ0v) is 6.48. The van der Waals surface area contributed by atoms with Gasteiger partial charge in [-0.05, 0) is 13.2 Å². The van der Waals surface area contributed by atoms with Gasteiger partial charge in [-0.2, -0.15) is 0 Å². The fourth-order valence-electron chi connectivity index (χ4n) is 0.311. The molecule has 54 valence electrons. The van der Waals surface area contributed by atoms with Crippen LogP contribution < -0.4 is 5.73 Å². The maximum absolute atomic E-state index is 8.51. The second-order valence-electron chi connectivity index (χ2n) is 1.70. The van der Waals surface area contributed by atoms with Crippen molar-refractivity contribution in [2.24, 2.45) is 10.7 Å². The lowest BCUT2D eigenvalue weighted by Crippen LogP contribution is -2.13. The molecular weight excluding hydrogens is 136 g/mol. The van der Waals surface area contributed by atoms with Crippen LogP contribution in [-0.2, 0) is 0 Å². The summed E-state index contributed by atoms with van der Waals surface area (Å²) < 4.78 is 0. The lowest BCUT2D eigenvalue weighted by atomic mass is 10.4. The third-order valence-electron chi connectivity index (χ3n) is 0.821. The molecule has 0 aliphatic carbocycles. The van der Waals surface area contributed by atoms with E-state index in [0.717, 1.165) is 0 Å². The van der Waals surface area contributed by atoms with Crippen LogP contribution in [0, 0.1) is 0 Å². The lowest BCUT2D eigenvalue weighted by molar-refractivity contribution is 0.274. The molecule has 0 saturated heterocycles. The highest BCUT2D eigenvalue weighted by atomic mass is 32.2. The van der Waals surface area contributed by atoms with E-state index in [4.69, 9.17) is 10.8 Å². The van der Waals surface area contributed by atoms with E-state index in [2.05, 4.69) is 4.99 Å². The Kier molecular flexibility index (Phi) is 4.53. The summed E-state index contributed by atoms with van der Waals surface area (Å²) in [5.74, 6) is 0. The Morgan fingerprint density at radius 3 is 2.78 bits per heavy atom. The van der Waals surface area contributed by atoms with Gasteiger partial charge in [-0.25, -0.2) is 0 Å². The first-order valence-electron chi connectivity index (χ1n) is 2.68. The predicted molar refractivity (Wildman–Crippen MR) is 41.7 cm³/mol. The maximum atomic E-state index is 8.51. The number of hydrogen-bond donors (Lipinski definition) is 2. The highest BCUT2D eigenvalue weighted by molar-refractivity contribution is 8.13. The highest BCUT2D eigenvalue weighted by Gasteiger charge is 1.95. The molecule has 0 spiro atoms. The Hall–Kier alpha value is -0.220. The highest BCUT2D eigenvalue weighted by Crippen LogP contribution is 1.94. The van der Waals surface area contributed by atoms with Gasteiger partial charge in [0.05, 0.1) is 12.6 Å². The zero-order chi connectivity index (χ0) is 7.28. The number of nitrogens with two attached hydrogens (primary N) is 1. The van der Waals surface area contributed by atoms with Crippen LogP contribution in [0.3, 0.4) is 0 Å². The van der Waals surface area contributed by atoms with E-state index >= 15 is 0 Å². The number of aliphatic imine (C=N–C) groups is 1. The van der Waals surface area contributed by atoms with Crippen molar-refractivity contribution in [1.82, 2.24) is 0 Å². The molecule has 0 aromatic heterocycles. The van der Waals surface area contributed by atoms with Gasteiger partial charge in [-0.1, -0.05) is 11.8 Å². The Morgan fingerprint density at radius 1 is 1.89 bits per heavy atom. The van der Waals surface area contributed by atoms with Crippen LogP contribution in [0.15, 0.2) is 4.99 Å². The van der Waals surface area contributed by atoms with Crippen LogP contribution in [0.2, 0.25) is 0 Å². The van der Waals surface area contributed by atoms with Crippen LogP contribution >= 0.6 is 11.8 Å². The molecule has 1 atom stereocenters. The van der Waals surface area contributed by atoms with E-state index in [1.807, 2.05) is 13.2 Å². The molecule has 0 aliphatic heterocycles. The molecule has 0 rings (SSSR count). The van der Waals surface area contributed by atoms with E-state index in [-0.39, 0.29) is 12.6 Å². The SMILES string of the molecule is CSC(N)=NC(C)CO. The monoisotopic (exact) mass is 148 g/mol. The minimum Gasteiger partial charge on any atom is -0.394 e. The fraction of sp³-hybridized carbons (Fsp3) is 0.800. The van der Waals surface area contributed by atoms with E-state index in [1.165, 1.54) is 11.8 Å². The van der Waals surface area contributed by atoms with Gasteiger partial charge in [0.15, 0.2) is 5.17 Å². The van der Waals surface area contributed by atoms with Crippen molar-refractivity contribution < 1.29 is 5.11 Å². The lowest BCUT2D eigenvalue weighted by Gasteiger charge is -2.00. The van der Waals surface area contributed by atoms with E-state index in [0.29, 0.717) is 5.17 Å². The van der Waals surface area contributed by atoms with Crippen molar-refractivity contribution in [3.05, 3.63) is 0 Å². The average molecular weight is 148 g/mol. The second-order valence-corrected chi connectivity index (χ2v) is 2.53. The molecular formula is C5H12N2OS. The molecule has 0 aromatic carbocycles. The fourth-order valence-corrected chi connectivity index (χ4v) is 0.596. The first-order chi connectivity index (χ1) is 4.20. The molecule has 3 nitrogen and oxygen atoms in total. The molecule has 0 aromatic rings. The summed E-state index contributed by atoms with van der Waals surface area (Å²) in [5, 5.41) is 9.03. The summed E-state index contributed by atoms with van der Waals surface area (Å²) in [6.45, 7) is 1.87. The second kappa shape index (κ2) is 4.64. The van der Waals surface area contributed by atoms with Crippen molar-refractivity contribution in [3.63, 3.8) is 0 Å². The molecule has 4 heteroatoms. The molecule has 3 N–H and O–H groups in total. The molecule has 9 heavy (non-hydrogen) atoms. The van der Waals surface area contributed by atoms with Gasteiger partial charge in [-0.3, -0.25) is 4.99 Å². The Morgan fingerprint density at radius 2 is 2.44 bits per heavy atom. The van der Waals surface area contributed by atoms with Crippen LogP contribution in [0.4, 0.5) is 0 Å². The van der Waals surface area contributed by atoms with Gasteiger partial charge in [0.25, 0.3) is 0 Å². The van der Waals surface area contributed by atoms with Gasteiger partial charge < -0.3 is 10.8 Å². The number of aliphatic hydroxyl groups is 1. The van der Waals surface area contributed by atoms with Gasteiger partial charge in [0.1, 0.15) is 0 Å². The summed E-state index contributed by atoms with van der Waals surface area (Å²) in [7, 11) is 0. The average Bonchev–Trinajstić information content (AvgIpc) is 1.87. The summed E-state index contributed by atoms with van der Waals surface area (Å²) in [6.07, 6.45) is 1.85. The van der Waals surface area contributed by atoms with Crippen molar-refractivity contribution in [3.8, 4) is 0 Å². The number of amidine groups is 1. The van der Waals surface area contributed by atoms with Crippen molar-refractivity contribution in [1.29, 1.82) is 0 Å². The maximum Gasteiger partial charge on any atom is 0.153 e. The molecule has 0 fully saturated rings. The number of hydrogen-bond acceptors (Lipinski definition) is 3. The number of aliphatic hydroxyl groups excluding tert-OH is 1. The number of rotatable bonds is 2. The smallest absolute Gasteiger partial charge is 0.153 e. The van der Waals surface area contributed by atoms with Gasteiger partial charge in [0, 0.05) is 0 Å². The molecule has 1 unspecified atom stereocenters. The van der Waals surface area contributed by atoms with Crippen molar-refractivity contribution in [2.75, 3.05) is 12.9 Å². The summed E-state index contributed by atoms with van der Waals surface area (Å²) in [4.78, 5) is 3.92. The van der Waals surface area contributed by atoms with Crippen molar-refractivity contribution >= 4 is 16.9 Å². The van der Waals surface area contributed by atoms with E-state index in [1.54, 1.807) is 0 Å². The van der Waals surface area contributed by atoms with Gasteiger partial charge in [0.2, 0.25) is 0 Å².